The highest BCUT2D eigenvalue weighted by molar-refractivity contribution is 5.96. The van der Waals surface area contributed by atoms with Crippen LogP contribution in [0.4, 0.5) is 18.9 Å². The minimum Gasteiger partial charge on any atom is -0.399 e. The van der Waals surface area contributed by atoms with Gasteiger partial charge in [-0.3, -0.25) is 9.59 Å². The van der Waals surface area contributed by atoms with Crippen molar-refractivity contribution in [2.24, 2.45) is 0 Å². The number of halogens is 3. The first-order valence-electron chi connectivity index (χ1n) is 8.37. The second kappa shape index (κ2) is 7.30. The molecule has 2 aromatic rings. The normalized spacial score (nSPS) is 14.9. The lowest BCUT2D eigenvalue weighted by atomic mass is 10.1. The molecule has 0 aliphatic carbocycles. The fourth-order valence-corrected chi connectivity index (χ4v) is 2.95. The Kier molecular flexibility index (Phi) is 5.07. The molecule has 0 saturated carbocycles. The summed E-state index contributed by atoms with van der Waals surface area (Å²) < 4.78 is 37.9. The Bertz CT molecular complexity index is 842. The quantitative estimate of drug-likeness (QED) is 0.819. The molecule has 1 aliphatic heterocycles. The molecule has 0 bridgehead atoms. The molecular weight excluding hydrogens is 359 g/mol. The molecule has 1 saturated heterocycles. The molecule has 2 amide bonds. The fraction of sp³-hybridized carbons (Fsp3) is 0.263. The Hall–Kier alpha value is -3.03. The van der Waals surface area contributed by atoms with Crippen molar-refractivity contribution in [2.75, 3.05) is 31.9 Å². The Labute approximate surface area is 154 Å². The van der Waals surface area contributed by atoms with E-state index in [4.69, 9.17) is 5.73 Å². The van der Waals surface area contributed by atoms with Crippen LogP contribution in [-0.4, -0.2) is 47.8 Å². The number of piperazine rings is 1. The standard InChI is InChI=1S/C19H18F3N3O2/c20-19(21,22)15-6-4-13(5-7-15)17(26)24-8-10-25(11-9-24)18(27)14-2-1-3-16(23)12-14/h1-7,12H,8-11,23H2. The minimum absolute atomic E-state index is 0.163. The first-order chi connectivity index (χ1) is 12.8. The van der Waals surface area contributed by atoms with Gasteiger partial charge in [0.25, 0.3) is 11.8 Å². The lowest BCUT2D eigenvalue weighted by molar-refractivity contribution is -0.137. The summed E-state index contributed by atoms with van der Waals surface area (Å²) in [5.41, 5.74) is 6.07. The van der Waals surface area contributed by atoms with Crippen LogP contribution >= 0.6 is 0 Å². The number of carbonyl (C=O) groups is 2. The van der Waals surface area contributed by atoms with Crippen LogP contribution in [0.25, 0.3) is 0 Å². The van der Waals surface area contributed by atoms with Gasteiger partial charge in [0.2, 0.25) is 0 Å². The Morgan fingerprint density at radius 1 is 0.815 bits per heavy atom. The van der Waals surface area contributed by atoms with Gasteiger partial charge in [0.05, 0.1) is 5.56 Å². The summed E-state index contributed by atoms with van der Waals surface area (Å²) in [7, 11) is 0. The molecule has 0 unspecified atom stereocenters. The lowest BCUT2D eigenvalue weighted by Crippen LogP contribution is -2.50. The third-order valence-corrected chi connectivity index (χ3v) is 4.45. The number of hydrogen-bond donors (Lipinski definition) is 1. The SMILES string of the molecule is Nc1cccc(C(=O)N2CCN(C(=O)c3ccc(C(F)(F)F)cc3)CC2)c1. The van der Waals surface area contributed by atoms with E-state index in [9.17, 15) is 22.8 Å². The summed E-state index contributed by atoms with van der Waals surface area (Å²) >= 11 is 0. The van der Waals surface area contributed by atoms with E-state index in [1.807, 2.05) is 0 Å². The highest BCUT2D eigenvalue weighted by atomic mass is 19.4. The minimum atomic E-state index is -4.44. The van der Waals surface area contributed by atoms with Crippen molar-refractivity contribution >= 4 is 17.5 Å². The topological polar surface area (TPSA) is 66.6 Å². The summed E-state index contributed by atoms with van der Waals surface area (Å²) in [5, 5.41) is 0. The van der Waals surface area contributed by atoms with Gasteiger partial charge in [-0.15, -0.1) is 0 Å². The Morgan fingerprint density at radius 2 is 1.33 bits per heavy atom. The Balaban J connectivity index is 1.61. The number of anilines is 1. The zero-order valence-corrected chi connectivity index (χ0v) is 14.4. The second-order valence-electron chi connectivity index (χ2n) is 6.28. The molecule has 1 fully saturated rings. The van der Waals surface area contributed by atoms with E-state index in [2.05, 4.69) is 0 Å². The monoisotopic (exact) mass is 377 g/mol. The number of alkyl halides is 3. The van der Waals surface area contributed by atoms with Crippen LogP contribution in [0.2, 0.25) is 0 Å². The van der Waals surface area contributed by atoms with Crippen molar-refractivity contribution in [3.05, 3.63) is 65.2 Å². The third-order valence-electron chi connectivity index (χ3n) is 4.45. The van der Waals surface area contributed by atoms with E-state index >= 15 is 0 Å². The zero-order chi connectivity index (χ0) is 19.6. The summed E-state index contributed by atoms with van der Waals surface area (Å²) in [6, 6.07) is 10.8. The van der Waals surface area contributed by atoms with Crippen LogP contribution in [-0.2, 0) is 6.18 Å². The van der Waals surface area contributed by atoms with Gasteiger partial charge in [-0.2, -0.15) is 13.2 Å². The maximum absolute atomic E-state index is 12.6. The van der Waals surface area contributed by atoms with Crippen LogP contribution in [0.5, 0.6) is 0 Å². The number of benzene rings is 2. The van der Waals surface area contributed by atoms with Gasteiger partial charge in [-0.25, -0.2) is 0 Å². The molecular formula is C19H18F3N3O2. The van der Waals surface area contributed by atoms with Gasteiger partial charge in [0.15, 0.2) is 0 Å². The number of hydrogen-bond acceptors (Lipinski definition) is 3. The van der Waals surface area contributed by atoms with E-state index in [0.717, 1.165) is 12.1 Å². The van der Waals surface area contributed by atoms with E-state index in [1.165, 1.54) is 17.0 Å². The molecule has 0 radical (unpaired) electrons. The predicted molar refractivity (Wildman–Crippen MR) is 94.1 cm³/mol. The maximum atomic E-state index is 12.6. The van der Waals surface area contributed by atoms with Gasteiger partial charge in [0, 0.05) is 43.0 Å². The number of nitrogens with two attached hydrogens (primary N) is 1. The van der Waals surface area contributed by atoms with Crippen molar-refractivity contribution in [3.8, 4) is 0 Å². The van der Waals surface area contributed by atoms with E-state index in [-0.39, 0.29) is 17.4 Å². The van der Waals surface area contributed by atoms with Crippen molar-refractivity contribution in [1.29, 1.82) is 0 Å². The van der Waals surface area contributed by atoms with Crippen LogP contribution in [0.15, 0.2) is 48.5 Å². The highest BCUT2D eigenvalue weighted by Gasteiger charge is 2.31. The largest absolute Gasteiger partial charge is 0.416 e. The summed E-state index contributed by atoms with van der Waals surface area (Å²) in [4.78, 5) is 28.1. The molecule has 142 valence electrons. The smallest absolute Gasteiger partial charge is 0.399 e. The van der Waals surface area contributed by atoms with E-state index < -0.39 is 11.7 Å². The molecule has 3 rings (SSSR count). The van der Waals surface area contributed by atoms with E-state index in [1.54, 1.807) is 29.2 Å². The van der Waals surface area contributed by atoms with Crippen LogP contribution < -0.4 is 5.73 Å². The molecule has 1 heterocycles. The molecule has 2 aromatic carbocycles. The number of nitrogen functional groups attached to an aromatic ring is 1. The molecule has 0 aromatic heterocycles. The maximum Gasteiger partial charge on any atom is 0.416 e. The van der Waals surface area contributed by atoms with Gasteiger partial charge < -0.3 is 15.5 Å². The van der Waals surface area contributed by atoms with Crippen molar-refractivity contribution in [1.82, 2.24) is 9.80 Å². The number of rotatable bonds is 2. The van der Waals surface area contributed by atoms with Gasteiger partial charge in [-0.1, -0.05) is 6.07 Å². The molecule has 0 atom stereocenters. The Morgan fingerprint density at radius 3 is 1.81 bits per heavy atom. The van der Waals surface area contributed by atoms with Crippen LogP contribution in [0.3, 0.4) is 0 Å². The molecule has 0 spiro atoms. The average Bonchev–Trinajstić information content (AvgIpc) is 2.66. The highest BCUT2D eigenvalue weighted by Crippen LogP contribution is 2.29. The molecule has 27 heavy (non-hydrogen) atoms. The van der Waals surface area contributed by atoms with Crippen LogP contribution in [0, 0.1) is 0 Å². The van der Waals surface area contributed by atoms with Gasteiger partial charge >= 0.3 is 6.18 Å². The predicted octanol–water partition coefficient (Wildman–Crippen LogP) is 2.89. The van der Waals surface area contributed by atoms with Gasteiger partial charge in [0.1, 0.15) is 0 Å². The number of nitrogens with zero attached hydrogens (tertiary/aromatic N) is 2. The summed E-state index contributed by atoms with van der Waals surface area (Å²) in [6.07, 6.45) is -4.44. The first kappa shape index (κ1) is 18.8. The van der Waals surface area contributed by atoms with Crippen LogP contribution in [0.1, 0.15) is 26.3 Å². The summed E-state index contributed by atoms with van der Waals surface area (Å²) in [5.74, 6) is -0.510. The summed E-state index contributed by atoms with van der Waals surface area (Å²) in [6.45, 7) is 1.32. The zero-order valence-electron chi connectivity index (χ0n) is 14.4. The fourth-order valence-electron chi connectivity index (χ4n) is 2.95. The van der Waals surface area contributed by atoms with E-state index in [0.29, 0.717) is 37.4 Å². The molecule has 8 heteroatoms. The molecule has 5 nitrogen and oxygen atoms in total. The second-order valence-corrected chi connectivity index (χ2v) is 6.28. The average molecular weight is 377 g/mol. The molecule has 2 N–H and O–H groups in total. The molecule has 1 aliphatic rings. The lowest BCUT2D eigenvalue weighted by Gasteiger charge is -2.35. The van der Waals surface area contributed by atoms with Crippen molar-refractivity contribution in [2.45, 2.75) is 6.18 Å². The third kappa shape index (κ3) is 4.21. The number of carbonyl (C=O) groups excluding carboxylic acids is 2. The van der Waals surface area contributed by atoms with Gasteiger partial charge in [-0.05, 0) is 42.5 Å². The first-order valence-corrected chi connectivity index (χ1v) is 8.37. The van der Waals surface area contributed by atoms with Crippen molar-refractivity contribution < 1.29 is 22.8 Å². The van der Waals surface area contributed by atoms with Crippen molar-refractivity contribution in [3.63, 3.8) is 0 Å². The number of amides is 2.